The maximum Gasteiger partial charge on any atom is 0.187 e. The maximum absolute atomic E-state index is 13.1. The molecule has 2 rings (SSSR count). The monoisotopic (exact) mass is 347 g/mol. The maximum atomic E-state index is 13.1. The molecule has 0 aliphatic carbocycles. The van der Waals surface area contributed by atoms with E-state index in [0.717, 1.165) is 18.6 Å². The Morgan fingerprint density at radius 2 is 2.00 bits per heavy atom. The van der Waals surface area contributed by atoms with E-state index in [-0.39, 0.29) is 5.78 Å². The highest BCUT2D eigenvalue weighted by Crippen LogP contribution is 2.22. The van der Waals surface area contributed by atoms with Crippen LogP contribution >= 0.6 is 11.6 Å². The van der Waals surface area contributed by atoms with Crippen molar-refractivity contribution >= 4 is 23.1 Å². The van der Waals surface area contributed by atoms with Crippen molar-refractivity contribution in [3.05, 3.63) is 71.1 Å². The van der Waals surface area contributed by atoms with Gasteiger partial charge in [-0.05, 0) is 48.9 Å². The van der Waals surface area contributed by atoms with Gasteiger partial charge in [0.2, 0.25) is 0 Å². The predicted octanol–water partition coefficient (Wildman–Crippen LogP) is 5.47. The average molecular weight is 348 g/mol. The molecule has 0 unspecified atom stereocenters. The molecule has 0 aliphatic heterocycles. The van der Waals surface area contributed by atoms with Gasteiger partial charge in [-0.2, -0.15) is 0 Å². The minimum Gasteiger partial charge on any atom is -0.494 e. The molecule has 0 saturated heterocycles. The first-order valence-electron chi connectivity index (χ1n) is 7.75. The number of halogens is 2. The smallest absolute Gasteiger partial charge is 0.187 e. The van der Waals surface area contributed by atoms with E-state index < -0.39 is 5.82 Å². The number of anilines is 1. The molecule has 0 aromatic heterocycles. The van der Waals surface area contributed by atoms with Gasteiger partial charge in [0.1, 0.15) is 11.6 Å². The first kappa shape index (κ1) is 18.0. The van der Waals surface area contributed by atoms with Gasteiger partial charge in [-0.15, -0.1) is 0 Å². The molecule has 2 aromatic carbocycles. The van der Waals surface area contributed by atoms with Crippen molar-refractivity contribution in [2.75, 3.05) is 11.9 Å². The predicted molar refractivity (Wildman–Crippen MR) is 95.3 cm³/mol. The van der Waals surface area contributed by atoms with Crippen LogP contribution < -0.4 is 10.1 Å². The Hall–Kier alpha value is -2.33. The van der Waals surface area contributed by atoms with Gasteiger partial charge in [-0.1, -0.05) is 24.9 Å². The number of benzene rings is 2. The lowest BCUT2D eigenvalue weighted by atomic mass is 10.1. The second kappa shape index (κ2) is 9.08. The van der Waals surface area contributed by atoms with Crippen molar-refractivity contribution in [2.24, 2.45) is 0 Å². The fourth-order valence-electron chi connectivity index (χ4n) is 1.96. The van der Waals surface area contributed by atoms with Crippen LogP contribution in [-0.2, 0) is 0 Å². The van der Waals surface area contributed by atoms with E-state index in [9.17, 15) is 9.18 Å². The van der Waals surface area contributed by atoms with Gasteiger partial charge >= 0.3 is 0 Å². The number of hydrogen-bond acceptors (Lipinski definition) is 3. The third-order valence-corrected chi connectivity index (χ3v) is 3.64. The summed E-state index contributed by atoms with van der Waals surface area (Å²) in [6.07, 6.45) is 4.88. The molecule has 0 aliphatic rings. The Kier molecular flexibility index (Phi) is 6.82. The molecule has 5 heteroatoms. The van der Waals surface area contributed by atoms with Crippen LogP contribution in [0.15, 0.2) is 54.7 Å². The van der Waals surface area contributed by atoms with E-state index in [1.807, 2.05) is 0 Å². The number of unbranched alkanes of at least 4 members (excludes halogenated alkanes) is 1. The highest BCUT2D eigenvalue weighted by Gasteiger charge is 2.03. The number of carbonyl (C=O) groups is 1. The van der Waals surface area contributed by atoms with Gasteiger partial charge in [0, 0.05) is 17.8 Å². The van der Waals surface area contributed by atoms with Crippen LogP contribution in [0, 0.1) is 5.82 Å². The van der Waals surface area contributed by atoms with E-state index in [2.05, 4.69) is 12.2 Å². The number of carbonyl (C=O) groups excluding carboxylic acids is 1. The third kappa shape index (κ3) is 5.39. The molecular weight excluding hydrogens is 329 g/mol. The second-order valence-electron chi connectivity index (χ2n) is 5.19. The molecule has 0 radical (unpaired) electrons. The van der Waals surface area contributed by atoms with Crippen molar-refractivity contribution in [3.8, 4) is 5.75 Å². The summed E-state index contributed by atoms with van der Waals surface area (Å²) in [7, 11) is 0. The van der Waals surface area contributed by atoms with Crippen LogP contribution in [0.5, 0.6) is 5.75 Å². The zero-order valence-electron chi connectivity index (χ0n) is 13.4. The summed E-state index contributed by atoms with van der Waals surface area (Å²) >= 11 is 5.94. The number of hydrogen-bond donors (Lipinski definition) is 1. The summed E-state index contributed by atoms with van der Waals surface area (Å²) in [6.45, 7) is 2.77. The lowest BCUT2D eigenvalue weighted by Crippen LogP contribution is -1.99. The van der Waals surface area contributed by atoms with Crippen LogP contribution in [0.2, 0.25) is 5.02 Å². The van der Waals surface area contributed by atoms with Gasteiger partial charge < -0.3 is 10.1 Å². The zero-order chi connectivity index (χ0) is 17.4. The lowest BCUT2D eigenvalue weighted by molar-refractivity contribution is 0.104. The summed E-state index contributed by atoms with van der Waals surface area (Å²) in [5.74, 6) is 0.170. The van der Waals surface area contributed by atoms with E-state index >= 15 is 0 Å². The summed E-state index contributed by atoms with van der Waals surface area (Å²) in [6, 6.07) is 11.0. The first-order valence-corrected chi connectivity index (χ1v) is 8.13. The Balaban J connectivity index is 1.93. The Morgan fingerprint density at radius 1 is 1.25 bits per heavy atom. The van der Waals surface area contributed by atoms with Crippen molar-refractivity contribution in [2.45, 2.75) is 19.8 Å². The Labute approximate surface area is 146 Å². The second-order valence-corrected chi connectivity index (χ2v) is 5.60. The minimum absolute atomic E-state index is 0.171. The third-order valence-electron chi connectivity index (χ3n) is 3.31. The number of ketones is 1. The van der Waals surface area contributed by atoms with Gasteiger partial charge in [0.15, 0.2) is 5.78 Å². The van der Waals surface area contributed by atoms with Crippen LogP contribution in [-0.4, -0.2) is 12.4 Å². The summed E-state index contributed by atoms with van der Waals surface area (Å²) in [4.78, 5) is 12.1. The normalized spacial score (nSPS) is 10.8. The zero-order valence-corrected chi connectivity index (χ0v) is 14.1. The van der Waals surface area contributed by atoms with Gasteiger partial charge in [-0.3, -0.25) is 4.79 Å². The van der Waals surface area contributed by atoms with Crippen LogP contribution in [0.4, 0.5) is 10.1 Å². The molecule has 0 atom stereocenters. The summed E-state index contributed by atoms with van der Waals surface area (Å²) in [5.41, 5.74) is 0.946. The molecule has 0 bridgehead atoms. The molecule has 24 heavy (non-hydrogen) atoms. The molecule has 2 aromatic rings. The number of rotatable bonds is 8. The quantitative estimate of drug-likeness (QED) is 0.391. The Bertz CT molecular complexity index is 714. The molecule has 3 nitrogen and oxygen atoms in total. The fourth-order valence-corrected chi connectivity index (χ4v) is 2.13. The van der Waals surface area contributed by atoms with E-state index in [1.165, 1.54) is 30.5 Å². The molecular formula is C19H19ClFNO2. The largest absolute Gasteiger partial charge is 0.494 e. The highest BCUT2D eigenvalue weighted by molar-refractivity contribution is 6.33. The highest BCUT2D eigenvalue weighted by atomic mass is 35.5. The van der Waals surface area contributed by atoms with Crippen molar-refractivity contribution < 1.29 is 13.9 Å². The van der Waals surface area contributed by atoms with Crippen LogP contribution in [0.3, 0.4) is 0 Å². The van der Waals surface area contributed by atoms with E-state index in [0.29, 0.717) is 22.9 Å². The molecule has 0 fully saturated rings. The van der Waals surface area contributed by atoms with Crippen LogP contribution in [0.25, 0.3) is 0 Å². The summed E-state index contributed by atoms with van der Waals surface area (Å²) < 4.78 is 18.7. The average Bonchev–Trinajstić information content (AvgIpc) is 2.58. The van der Waals surface area contributed by atoms with E-state index in [1.54, 1.807) is 24.3 Å². The van der Waals surface area contributed by atoms with Crippen molar-refractivity contribution in [1.29, 1.82) is 0 Å². The van der Waals surface area contributed by atoms with Gasteiger partial charge in [-0.25, -0.2) is 4.39 Å². The number of allylic oxidation sites excluding steroid dienone is 1. The Morgan fingerprint density at radius 3 is 2.71 bits per heavy atom. The number of nitrogens with one attached hydrogen (secondary N) is 1. The lowest BCUT2D eigenvalue weighted by Gasteiger charge is -2.05. The fraction of sp³-hybridized carbons (Fsp3) is 0.211. The molecule has 0 saturated carbocycles. The molecule has 1 N–H and O–H groups in total. The minimum atomic E-state index is -0.403. The molecule has 0 spiro atoms. The topological polar surface area (TPSA) is 38.3 Å². The number of ether oxygens (including phenoxy) is 1. The molecule has 0 amide bonds. The van der Waals surface area contributed by atoms with Crippen molar-refractivity contribution in [3.63, 3.8) is 0 Å². The van der Waals surface area contributed by atoms with Gasteiger partial charge in [0.05, 0.1) is 17.3 Å². The molecule has 0 heterocycles. The van der Waals surface area contributed by atoms with Crippen LogP contribution in [0.1, 0.15) is 30.1 Å². The first-order chi connectivity index (χ1) is 11.6. The van der Waals surface area contributed by atoms with Crippen molar-refractivity contribution in [1.82, 2.24) is 0 Å². The van der Waals surface area contributed by atoms with E-state index in [4.69, 9.17) is 16.3 Å². The standard InChI is InChI=1S/C19H19ClFNO2/c1-2-3-12-24-16-7-4-14(5-8-16)19(23)10-11-22-18-13-15(21)6-9-17(18)20/h4-11,13,22H,2-3,12H2,1H3. The molecule has 126 valence electrons. The summed E-state index contributed by atoms with van der Waals surface area (Å²) in [5, 5.41) is 3.18. The SMILES string of the molecule is CCCCOc1ccc(C(=O)C=CNc2cc(F)ccc2Cl)cc1. The van der Waals surface area contributed by atoms with Gasteiger partial charge in [0.25, 0.3) is 0 Å².